The average molecular weight is 460 g/mol. The van der Waals surface area contributed by atoms with E-state index >= 15 is 0 Å². The van der Waals surface area contributed by atoms with E-state index in [1.165, 1.54) is 42.5 Å². The van der Waals surface area contributed by atoms with Crippen LogP contribution in [-0.4, -0.2) is 29.3 Å². The minimum absolute atomic E-state index is 0.0674. The number of carbonyl (C=O) groups excluding carboxylic acids is 4. The molecule has 0 radical (unpaired) electrons. The largest absolute Gasteiger partial charge is 0.508 e. The minimum Gasteiger partial charge on any atom is -0.508 e. The van der Waals surface area contributed by atoms with Crippen LogP contribution in [0.1, 0.15) is 44.7 Å². The normalized spacial score (nSPS) is 12.3. The quantitative estimate of drug-likeness (QED) is 0.321. The fourth-order valence-electron chi connectivity index (χ4n) is 3.42. The van der Waals surface area contributed by atoms with Crippen LogP contribution in [0, 0.1) is 0 Å². The van der Waals surface area contributed by atoms with Gasteiger partial charge in [-0.05, 0) is 60.4 Å². The van der Waals surface area contributed by atoms with E-state index in [0.29, 0.717) is 30.6 Å². The summed E-state index contributed by atoms with van der Waals surface area (Å²) in [4.78, 5) is 46.8. The monoisotopic (exact) mass is 460 g/mol. The van der Waals surface area contributed by atoms with Gasteiger partial charge in [-0.3, -0.25) is 4.79 Å². The lowest BCUT2D eigenvalue weighted by Crippen LogP contribution is -2.16. The first-order valence-corrected chi connectivity index (χ1v) is 10.6. The van der Waals surface area contributed by atoms with Crippen LogP contribution in [0.5, 0.6) is 23.0 Å². The maximum atomic E-state index is 12.5. The molecule has 1 heterocycles. The third-order valence-electron chi connectivity index (χ3n) is 5.23. The van der Waals surface area contributed by atoms with Crippen molar-refractivity contribution in [1.29, 1.82) is 0 Å². The molecule has 0 saturated heterocycles. The molecule has 0 spiro atoms. The van der Waals surface area contributed by atoms with E-state index in [9.17, 15) is 24.3 Å². The second kappa shape index (κ2) is 9.99. The molecule has 0 unspecified atom stereocenters. The Kier molecular flexibility index (Phi) is 6.68. The Morgan fingerprint density at radius 3 is 2.12 bits per heavy atom. The van der Waals surface area contributed by atoms with Gasteiger partial charge in [-0.25, -0.2) is 9.59 Å². The summed E-state index contributed by atoms with van der Waals surface area (Å²) < 4.78 is 15.8. The van der Waals surface area contributed by atoms with Gasteiger partial charge in [0, 0.05) is 18.6 Å². The molecule has 4 rings (SSSR count). The molecule has 8 heteroatoms. The summed E-state index contributed by atoms with van der Waals surface area (Å²) in [5, 5.41) is 10.0. The van der Waals surface area contributed by atoms with Crippen LogP contribution in [0.2, 0.25) is 0 Å². The molecule has 3 aromatic rings. The molecule has 0 aromatic heterocycles. The maximum Gasteiger partial charge on any atom is 0.343 e. The van der Waals surface area contributed by atoms with Crippen LogP contribution >= 0.6 is 0 Å². The molecular weight excluding hydrogens is 440 g/mol. The summed E-state index contributed by atoms with van der Waals surface area (Å²) in [6.45, 7) is 0. The number of carbonyl (C=O) groups is 4. The van der Waals surface area contributed by atoms with Gasteiger partial charge < -0.3 is 24.1 Å². The van der Waals surface area contributed by atoms with Crippen molar-refractivity contribution in [3.63, 3.8) is 0 Å². The van der Waals surface area contributed by atoms with Crippen molar-refractivity contribution in [2.45, 2.75) is 25.7 Å². The Bertz CT molecular complexity index is 1260. The topological polar surface area (TPSA) is 116 Å². The Labute approximate surface area is 194 Å². The van der Waals surface area contributed by atoms with E-state index in [4.69, 9.17) is 14.2 Å². The standard InChI is InChI=1S/C26H20O8/c27-13-1-2-16-7-10-20(14-22(16)28)32-25(30)18-3-5-19(6-4-18)26(31)33-21-11-8-17-9-12-24(29)34-23(17)15-21/h3-8,10-11,13-15,28H,1-2,9,12H2. The van der Waals surface area contributed by atoms with Crippen molar-refractivity contribution in [3.05, 3.63) is 82.9 Å². The zero-order valence-electron chi connectivity index (χ0n) is 18.0. The Morgan fingerprint density at radius 1 is 0.882 bits per heavy atom. The number of rotatable bonds is 7. The first-order chi connectivity index (χ1) is 16.4. The smallest absolute Gasteiger partial charge is 0.343 e. The first kappa shape index (κ1) is 22.7. The van der Waals surface area contributed by atoms with Gasteiger partial charge >= 0.3 is 17.9 Å². The number of hydrogen-bond acceptors (Lipinski definition) is 8. The molecule has 0 fully saturated rings. The molecule has 0 aliphatic carbocycles. The van der Waals surface area contributed by atoms with Crippen molar-refractivity contribution in [3.8, 4) is 23.0 Å². The van der Waals surface area contributed by atoms with Gasteiger partial charge in [0.15, 0.2) is 0 Å². The van der Waals surface area contributed by atoms with Crippen LogP contribution < -0.4 is 14.2 Å². The molecule has 1 aliphatic heterocycles. The highest BCUT2D eigenvalue weighted by Crippen LogP contribution is 2.30. The zero-order chi connectivity index (χ0) is 24.1. The molecule has 0 amide bonds. The van der Waals surface area contributed by atoms with Gasteiger partial charge in [0.1, 0.15) is 29.3 Å². The van der Waals surface area contributed by atoms with E-state index in [-0.39, 0.29) is 40.8 Å². The van der Waals surface area contributed by atoms with Crippen LogP contribution in [-0.2, 0) is 22.4 Å². The Morgan fingerprint density at radius 2 is 1.50 bits per heavy atom. The van der Waals surface area contributed by atoms with Gasteiger partial charge in [-0.2, -0.15) is 0 Å². The lowest BCUT2D eigenvalue weighted by Gasteiger charge is -2.16. The fourth-order valence-corrected chi connectivity index (χ4v) is 3.42. The Balaban J connectivity index is 1.39. The molecule has 3 aromatic carbocycles. The number of fused-ring (bicyclic) bond motifs is 1. The molecular formula is C26H20O8. The van der Waals surface area contributed by atoms with Crippen LogP contribution in [0.25, 0.3) is 0 Å². The second-order valence-corrected chi connectivity index (χ2v) is 7.60. The molecule has 172 valence electrons. The zero-order valence-corrected chi connectivity index (χ0v) is 18.0. The van der Waals surface area contributed by atoms with Gasteiger partial charge in [-0.15, -0.1) is 0 Å². The third kappa shape index (κ3) is 5.29. The minimum atomic E-state index is -0.670. The molecule has 8 nitrogen and oxygen atoms in total. The number of aromatic hydroxyl groups is 1. The molecule has 1 aliphatic rings. The van der Waals surface area contributed by atoms with Crippen molar-refractivity contribution >= 4 is 24.2 Å². The highest BCUT2D eigenvalue weighted by atomic mass is 16.5. The predicted molar refractivity (Wildman–Crippen MR) is 119 cm³/mol. The highest BCUT2D eigenvalue weighted by molar-refractivity contribution is 5.95. The number of phenolic OH excluding ortho intramolecular Hbond substituents is 1. The molecule has 0 saturated carbocycles. The summed E-state index contributed by atoms with van der Waals surface area (Å²) >= 11 is 0. The van der Waals surface area contributed by atoms with Crippen LogP contribution in [0.15, 0.2) is 60.7 Å². The van der Waals surface area contributed by atoms with Gasteiger partial charge in [0.25, 0.3) is 0 Å². The maximum absolute atomic E-state index is 12.5. The lowest BCUT2D eigenvalue weighted by molar-refractivity contribution is -0.135. The SMILES string of the molecule is O=CCCc1ccc(OC(=O)c2ccc(C(=O)Oc3ccc4c(c3)OC(=O)CC4)cc2)cc1O. The molecule has 34 heavy (non-hydrogen) atoms. The van der Waals surface area contributed by atoms with E-state index in [0.717, 1.165) is 11.8 Å². The van der Waals surface area contributed by atoms with Crippen molar-refractivity contribution in [2.75, 3.05) is 0 Å². The summed E-state index contributed by atoms with van der Waals surface area (Å²) in [5.41, 5.74) is 1.85. The average Bonchev–Trinajstić information content (AvgIpc) is 2.83. The Hall–Kier alpha value is -4.46. The second-order valence-electron chi connectivity index (χ2n) is 7.60. The van der Waals surface area contributed by atoms with Crippen LogP contribution in [0.3, 0.4) is 0 Å². The summed E-state index contributed by atoms with van der Waals surface area (Å²) in [5.74, 6) is -0.950. The van der Waals surface area contributed by atoms with Gasteiger partial charge in [0.2, 0.25) is 0 Å². The summed E-state index contributed by atoms with van der Waals surface area (Å²) in [6, 6.07) is 15.0. The summed E-state index contributed by atoms with van der Waals surface area (Å²) in [6.07, 6.45) is 2.31. The number of ether oxygens (including phenoxy) is 3. The fraction of sp³-hybridized carbons (Fsp3) is 0.154. The molecule has 0 atom stereocenters. The number of esters is 3. The van der Waals surface area contributed by atoms with E-state index in [2.05, 4.69) is 0 Å². The van der Waals surface area contributed by atoms with Gasteiger partial charge in [-0.1, -0.05) is 12.1 Å². The van der Waals surface area contributed by atoms with Crippen molar-refractivity contribution in [1.82, 2.24) is 0 Å². The van der Waals surface area contributed by atoms with Crippen molar-refractivity contribution in [2.24, 2.45) is 0 Å². The molecule has 1 N–H and O–H groups in total. The predicted octanol–water partition coefficient (Wildman–Crippen LogP) is 3.81. The number of aldehydes is 1. The third-order valence-corrected chi connectivity index (χ3v) is 5.23. The number of hydrogen-bond donors (Lipinski definition) is 1. The molecule has 0 bridgehead atoms. The van der Waals surface area contributed by atoms with Crippen molar-refractivity contribution < 1.29 is 38.5 Å². The van der Waals surface area contributed by atoms with E-state index < -0.39 is 11.9 Å². The highest BCUT2D eigenvalue weighted by Gasteiger charge is 2.19. The first-order valence-electron chi connectivity index (χ1n) is 10.6. The van der Waals surface area contributed by atoms with Crippen LogP contribution in [0.4, 0.5) is 0 Å². The number of benzene rings is 3. The lowest BCUT2D eigenvalue weighted by atomic mass is 10.1. The number of aryl methyl sites for hydroxylation is 2. The summed E-state index contributed by atoms with van der Waals surface area (Å²) in [7, 11) is 0. The number of phenols is 1. The van der Waals surface area contributed by atoms with Gasteiger partial charge in [0.05, 0.1) is 17.5 Å². The van der Waals surface area contributed by atoms with E-state index in [1.54, 1.807) is 18.2 Å². The van der Waals surface area contributed by atoms with E-state index in [1.807, 2.05) is 0 Å².